The van der Waals surface area contributed by atoms with Crippen molar-refractivity contribution in [2.24, 2.45) is 0 Å². The van der Waals surface area contributed by atoms with Crippen LogP contribution in [-0.2, 0) is 4.79 Å². The molecule has 24 heavy (non-hydrogen) atoms. The summed E-state index contributed by atoms with van der Waals surface area (Å²) in [5, 5.41) is 12.1. The second-order valence-electron chi connectivity index (χ2n) is 6.43. The number of carbonyl (C=O) groups is 2. The van der Waals surface area contributed by atoms with Crippen LogP contribution in [0.3, 0.4) is 0 Å². The molecule has 2 amide bonds. The van der Waals surface area contributed by atoms with Crippen molar-refractivity contribution in [3.05, 3.63) is 23.7 Å². The average Bonchev–Trinajstić information content (AvgIpc) is 3.21. The van der Waals surface area contributed by atoms with Crippen molar-refractivity contribution in [3.8, 4) is 0 Å². The van der Waals surface area contributed by atoms with Gasteiger partial charge in [0.2, 0.25) is 5.91 Å². The van der Waals surface area contributed by atoms with E-state index < -0.39 is 6.10 Å². The third kappa shape index (κ3) is 2.84. The number of nitrogens with zero attached hydrogens (tertiary/aromatic N) is 3. The highest BCUT2D eigenvalue weighted by molar-refractivity contribution is 6.05. The number of aliphatic hydroxyl groups is 1. The number of hydrogen-bond acceptors (Lipinski definition) is 5. The van der Waals surface area contributed by atoms with E-state index in [1.54, 1.807) is 17.3 Å². The fourth-order valence-corrected chi connectivity index (χ4v) is 2.99. The van der Waals surface area contributed by atoms with E-state index in [-0.39, 0.29) is 18.4 Å². The van der Waals surface area contributed by atoms with Crippen LogP contribution in [0.15, 0.2) is 12.4 Å². The van der Waals surface area contributed by atoms with E-state index in [4.69, 9.17) is 0 Å². The summed E-state index contributed by atoms with van der Waals surface area (Å²) in [7, 11) is 0. The summed E-state index contributed by atoms with van der Waals surface area (Å²) in [5.41, 5.74) is 2.42. The molecule has 1 unspecified atom stereocenters. The molecule has 1 saturated heterocycles. The van der Waals surface area contributed by atoms with Crippen LogP contribution in [0.25, 0.3) is 11.2 Å². The zero-order chi connectivity index (χ0) is 16.7. The third-order valence-electron chi connectivity index (χ3n) is 4.56. The predicted molar refractivity (Wildman–Crippen MR) is 85.4 cm³/mol. The van der Waals surface area contributed by atoms with Gasteiger partial charge in [-0.05, 0) is 19.3 Å². The molecule has 1 aliphatic heterocycles. The molecule has 2 fully saturated rings. The average molecular weight is 329 g/mol. The minimum atomic E-state index is -0.464. The Labute approximate surface area is 138 Å². The summed E-state index contributed by atoms with van der Waals surface area (Å²) in [6, 6.07) is 0. The van der Waals surface area contributed by atoms with Crippen LogP contribution >= 0.6 is 0 Å². The van der Waals surface area contributed by atoms with Gasteiger partial charge in [0.25, 0.3) is 5.91 Å². The molecule has 8 heteroatoms. The summed E-state index contributed by atoms with van der Waals surface area (Å²) in [4.78, 5) is 37.8. The number of aliphatic hydroxyl groups excluding tert-OH is 1. The molecule has 3 N–H and O–H groups in total. The zero-order valence-corrected chi connectivity index (χ0v) is 13.2. The maximum absolute atomic E-state index is 12.4. The fourth-order valence-electron chi connectivity index (χ4n) is 2.99. The predicted octanol–water partition coefficient (Wildman–Crippen LogP) is 0.158. The molecule has 0 bridgehead atoms. The maximum Gasteiger partial charge on any atom is 0.255 e. The van der Waals surface area contributed by atoms with Crippen LogP contribution in [0.1, 0.15) is 41.2 Å². The van der Waals surface area contributed by atoms with Crippen LogP contribution < -0.4 is 5.32 Å². The van der Waals surface area contributed by atoms with Crippen LogP contribution in [0, 0.1) is 0 Å². The molecule has 0 radical (unpaired) electrons. The first-order chi connectivity index (χ1) is 11.6. The second kappa shape index (κ2) is 5.86. The molecule has 2 aromatic heterocycles. The number of rotatable bonds is 4. The molecule has 0 spiro atoms. The van der Waals surface area contributed by atoms with Crippen molar-refractivity contribution in [2.45, 2.75) is 31.3 Å². The smallest absolute Gasteiger partial charge is 0.255 e. The van der Waals surface area contributed by atoms with Crippen molar-refractivity contribution < 1.29 is 14.7 Å². The van der Waals surface area contributed by atoms with Gasteiger partial charge >= 0.3 is 0 Å². The first-order valence-electron chi connectivity index (χ1n) is 8.20. The Kier molecular flexibility index (Phi) is 3.68. The molecule has 3 heterocycles. The van der Waals surface area contributed by atoms with Gasteiger partial charge in [-0.25, -0.2) is 9.97 Å². The molecular weight excluding hydrogens is 310 g/mol. The van der Waals surface area contributed by atoms with Crippen molar-refractivity contribution in [1.29, 1.82) is 0 Å². The Morgan fingerprint density at radius 3 is 2.92 bits per heavy atom. The minimum Gasteiger partial charge on any atom is -0.391 e. The van der Waals surface area contributed by atoms with Gasteiger partial charge in [0.05, 0.1) is 30.1 Å². The van der Waals surface area contributed by atoms with Gasteiger partial charge in [-0.3, -0.25) is 9.59 Å². The minimum absolute atomic E-state index is 0.0893. The third-order valence-corrected chi connectivity index (χ3v) is 4.56. The lowest BCUT2D eigenvalue weighted by molar-refractivity contribution is -0.129. The van der Waals surface area contributed by atoms with Crippen molar-refractivity contribution in [1.82, 2.24) is 25.2 Å². The van der Waals surface area contributed by atoms with Crippen LogP contribution in [0.2, 0.25) is 0 Å². The Balaban J connectivity index is 1.45. The number of H-pyrrole nitrogens is 1. The molecule has 1 atom stereocenters. The standard InChI is InChI=1S/C16H19N5O3/c22-10-3-4-21(8-10)13(23)7-19-16(24)11-5-17-15-14(11)20-12(6-18-15)9-1-2-9/h5-6,9-10,22H,1-4,7-8H2,(H,17,18)(H,19,24). The Morgan fingerprint density at radius 2 is 2.21 bits per heavy atom. The molecule has 2 aromatic rings. The van der Waals surface area contributed by atoms with Gasteiger partial charge in [-0.1, -0.05) is 0 Å². The summed E-state index contributed by atoms with van der Waals surface area (Å²) in [6.07, 6.45) is 5.67. The van der Waals surface area contributed by atoms with Gasteiger partial charge in [0.1, 0.15) is 5.52 Å². The van der Waals surface area contributed by atoms with E-state index in [1.807, 2.05) is 0 Å². The largest absolute Gasteiger partial charge is 0.391 e. The number of carbonyl (C=O) groups excluding carboxylic acids is 2. The Morgan fingerprint density at radius 1 is 1.38 bits per heavy atom. The molecule has 8 nitrogen and oxygen atoms in total. The topological polar surface area (TPSA) is 111 Å². The second-order valence-corrected chi connectivity index (χ2v) is 6.43. The molecule has 126 valence electrons. The lowest BCUT2D eigenvalue weighted by Crippen LogP contribution is -2.39. The number of nitrogens with one attached hydrogen (secondary N) is 2. The molecule has 0 aromatic carbocycles. The molecule has 2 aliphatic rings. The van der Waals surface area contributed by atoms with Gasteiger partial charge in [-0.15, -0.1) is 0 Å². The highest BCUT2D eigenvalue weighted by atomic mass is 16.3. The number of likely N-dealkylation sites (tertiary alicyclic amines) is 1. The number of aromatic nitrogens is 3. The normalized spacial score (nSPS) is 20.5. The maximum atomic E-state index is 12.4. The zero-order valence-electron chi connectivity index (χ0n) is 13.2. The first kappa shape index (κ1) is 15.1. The van der Waals surface area contributed by atoms with E-state index in [9.17, 15) is 14.7 Å². The number of β-amino-alcohol motifs (C(OH)–C–C–N with tert-alkyl or cyclic N) is 1. The van der Waals surface area contributed by atoms with Gasteiger partial charge < -0.3 is 20.3 Å². The van der Waals surface area contributed by atoms with E-state index in [0.29, 0.717) is 42.2 Å². The molecular formula is C16H19N5O3. The quantitative estimate of drug-likeness (QED) is 0.740. The van der Waals surface area contributed by atoms with Crippen LogP contribution in [-0.4, -0.2) is 62.5 Å². The van der Waals surface area contributed by atoms with Crippen LogP contribution in [0.4, 0.5) is 0 Å². The monoisotopic (exact) mass is 329 g/mol. The Hall–Kier alpha value is -2.48. The fraction of sp³-hybridized carbons (Fsp3) is 0.500. The first-order valence-corrected chi connectivity index (χ1v) is 8.20. The van der Waals surface area contributed by atoms with Crippen molar-refractivity contribution in [2.75, 3.05) is 19.6 Å². The lowest BCUT2D eigenvalue weighted by atomic mass is 10.2. The summed E-state index contributed by atoms with van der Waals surface area (Å²) < 4.78 is 0. The molecule has 1 aliphatic carbocycles. The Bertz CT molecular complexity index is 798. The summed E-state index contributed by atoms with van der Waals surface area (Å²) in [6.45, 7) is 0.769. The molecule has 1 saturated carbocycles. The van der Waals surface area contributed by atoms with E-state index in [1.165, 1.54) is 0 Å². The lowest BCUT2D eigenvalue weighted by Gasteiger charge is -2.15. The van der Waals surface area contributed by atoms with E-state index >= 15 is 0 Å². The number of amides is 2. The SMILES string of the molecule is O=C(NCC(=O)N1CCC(O)C1)c1c[nH]c2ncc(C3CC3)nc12. The van der Waals surface area contributed by atoms with E-state index in [2.05, 4.69) is 20.3 Å². The van der Waals surface area contributed by atoms with Crippen molar-refractivity contribution in [3.63, 3.8) is 0 Å². The summed E-state index contributed by atoms with van der Waals surface area (Å²) >= 11 is 0. The molecule has 4 rings (SSSR count). The van der Waals surface area contributed by atoms with Gasteiger partial charge in [-0.2, -0.15) is 0 Å². The summed E-state index contributed by atoms with van der Waals surface area (Å²) in [5.74, 6) is -0.0861. The van der Waals surface area contributed by atoms with E-state index in [0.717, 1.165) is 18.5 Å². The number of aromatic amines is 1. The highest BCUT2D eigenvalue weighted by Gasteiger charge is 2.27. The number of hydrogen-bond donors (Lipinski definition) is 3. The highest BCUT2D eigenvalue weighted by Crippen LogP contribution is 2.39. The van der Waals surface area contributed by atoms with Crippen LogP contribution in [0.5, 0.6) is 0 Å². The van der Waals surface area contributed by atoms with Gasteiger partial charge in [0.15, 0.2) is 5.65 Å². The van der Waals surface area contributed by atoms with Gasteiger partial charge in [0, 0.05) is 25.2 Å². The van der Waals surface area contributed by atoms with Crippen molar-refractivity contribution >= 4 is 23.0 Å². The number of fused-ring (bicyclic) bond motifs is 1.